The number of aliphatic hydroxyl groups is 1. The highest BCUT2D eigenvalue weighted by molar-refractivity contribution is 6.12. The molecule has 0 radical (unpaired) electrons. The maximum atomic E-state index is 13.4. The van der Waals surface area contributed by atoms with E-state index in [0.29, 0.717) is 55.1 Å². The Morgan fingerprint density at radius 2 is 2.05 bits per heavy atom. The normalized spacial score (nSPS) is 21.6. The van der Waals surface area contributed by atoms with Crippen LogP contribution in [-0.4, -0.2) is 75.2 Å². The molecule has 2 aromatic heterocycles. The number of amides is 1. The SMILES string of the molecule is C=C(Cc1cc2c(cc1N1CCOCC1)C(=O)N(C[C@H]1CCC[C@H]1O)C2)C(=O)c1cnn2cccnc12. The lowest BCUT2D eigenvalue weighted by Gasteiger charge is -2.31. The van der Waals surface area contributed by atoms with Crippen LogP contribution in [0.15, 0.2) is 48.9 Å². The van der Waals surface area contributed by atoms with E-state index in [-0.39, 0.29) is 23.7 Å². The number of allylic oxidation sites excluding steroid dienone is 1. The first-order chi connectivity index (χ1) is 18.0. The molecule has 9 nitrogen and oxygen atoms in total. The van der Waals surface area contributed by atoms with Gasteiger partial charge in [-0.1, -0.05) is 19.1 Å². The molecule has 0 unspecified atom stereocenters. The highest BCUT2D eigenvalue weighted by Gasteiger charge is 2.34. The van der Waals surface area contributed by atoms with E-state index in [2.05, 4.69) is 27.6 Å². The van der Waals surface area contributed by atoms with Crippen LogP contribution in [0.25, 0.3) is 5.65 Å². The second-order valence-corrected chi connectivity index (χ2v) is 10.2. The minimum Gasteiger partial charge on any atom is -0.393 e. The number of ether oxygens (including phenoxy) is 1. The third kappa shape index (κ3) is 4.42. The first kappa shape index (κ1) is 23.8. The summed E-state index contributed by atoms with van der Waals surface area (Å²) in [5.41, 5.74) is 4.97. The number of carbonyl (C=O) groups is 2. The summed E-state index contributed by atoms with van der Waals surface area (Å²) in [7, 11) is 0. The molecule has 0 spiro atoms. The molecule has 2 aliphatic heterocycles. The van der Waals surface area contributed by atoms with Crippen molar-refractivity contribution in [2.45, 2.75) is 38.3 Å². The van der Waals surface area contributed by atoms with E-state index in [9.17, 15) is 14.7 Å². The van der Waals surface area contributed by atoms with Gasteiger partial charge < -0.3 is 19.6 Å². The lowest BCUT2D eigenvalue weighted by atomic mass is 9.95. The number of aliphatic hydroxyl groups excluding tert-OH is 1. The van der Waals surface area contributed by atoms with Crippen molar-refractivity contribution in [2.24, 2.45) is 5.92 Å². The van der Waals surface area contributed by atoms with Crippen molar-refractivity contribution in [3.8, 4) is 0 Å². The number of aromatic nitrogens is 3. The number of hydrogen-bond donors (Lipinski definition) is 1. The van der Waals surface area contributed by atoms with E-state index in [1.54, 1.807) is 23.0 Å². The largest absolute Gasteiger partial charge is 0.393 e. The molecule has 1 saturated heterocycles. The first-order valence-corrected chi connectivity index (χ1v) is 13.0. The number of carbonyl (C=O) groups excluding carboxylic acids is 2. The van der Waals surface area contributed by atoms with Gasteiger partial charge in [-0.15, -0.1) is 0 Å². The van der Waals surface area contributed by atoms with Crippen LogP contribution in [-0.2, 0) is 17.7 Å². The third-order valence-corrected chi connectivity index (χ3v) is 7.86. The Balaban J connectivity index is 1.29. The molecular formula is C28H31N5O4. The smallest absolute Gasteiger partial charge is 0.254 e. The van der Waals surface area contributed by atoms with Gasteiger partial charge in [0.2, 0.25) is 0 Å². The average molecular weight is 502 g/mol. The van der Waals surface area contributed by atoms with Crippen LogP contribution < -0.4 is 4.90 Å². The molecule has 2 atom stereocenters. The maximum Gasteiger partial charge on any atom is 0.254 e. The molecule has 1 saturated carbocycles. The van der Waals surface area contributed by atoms with Gasteiger partial charge in [0.05, 0.1) is 31.1 Å². The topological polar surface area (TPSA) is 100 Å². The van der Waals surface area contributed by atoms with Gasteiger partial charge in [0.1, 0.15) is 0 Å². The fourth-order valence-corrected chi connectivity index (χ4v) is 5.85. The molecule has 9 heteroatoms. The van der Waals surface area contributed by atoms with E-state index in [1.165, 1.54) is 6.20 Å². The average Bonchev–Trinajstić information content (AvgIpc) is 3.61. The fraction of sp³-hybridized carbons (Fsp3) is 0.429. The molecule has 2 fully saturated rings. The summed E-state index contributed by atoms with van der Waals surface area (Å²) in [6.45, 7) is 7.90. The van der Waals surface area contributed by atoms with Crippen LogP contribution in [0, 0.1) is 5.92 Å². The molecule has 37 heavy (non-hydrogen) atoms. The Labute approximate surface area is 215 Å². The van der Waals surface area contributed by atoms with Gasteiger partial charge in [-0.25, -0.2) is 9.50 Å². The van der Waals surface area contributed by atoms with Gasteiger partial charge in [-0.05, 0) is 41.7 Å². The number of hydrogen-bond acceptors (Lipinski definition) is 7. The summed E-state index contributed by atoms with van der Waals surface area (Å²) in [6.07, 6.45) is 7.72. The van der Waals surface area contributed by atoms with Gasteiger partial charge in [0.15, 0.2) is 11.4 Å². The molecule has 3 aliphatic rings. The second-order valence-electron chi connectivity index (χ2n) is 10.2. The number of Topliss-reactive ketones (excluding diaryl/α,β-unsaturated/α-hetero) is 1. The van der Waals surface area contributed by atoms with Crippen LogP contribution in [0.3, 0.4) is 0 Å². The molecule has 4 heterocycles. The van der Waals surface area contributed by atoms with E-state index in [1.807, 2.05) is 11.0 Å². The summed E-state index contributed by atoms with van der Waals surface area (Å²) in [4.78, 5) is 35.1. The number of ketones is 1. The van der Waals surface area contributed by atoms with Gasteiger partial charge >= 0.3 is 0 Å². The molecule has 1 N–H and O–H groups in total. The maximum absolute atomic E-state index is 13.4. The zero-order valence-corrected chi connectivity index (χ0v) is 20.8. The number of rotatable bonds is 7. The molecular weight excluding hydrogens is 470 g/mol. The van der Waals surface area contributed by atoms with Gasteiger partial charge in [-0.3, -0.25) is 9.59 Å². The minimum atomic E-state index is -0.334. The van der Waals surface area contributed by atoms with Crippen LogP contribution in [0.4, 0.5) is 5.69 Å². The fourth-order valence-electron chi connectivity index (χ4n) is 5.85. The van der Waals surface area contributed by atoms with Crippen LogP contribution in [0.1, 0.15) is 51.1 Å². The Kier molecular flexibility index (Phi) is 6.26. The number of fused-ring (bicyclic) bond motifs is 2. The quantitative estimate of drug-likeness (QED) is 0.392. The van der Waals surface area contributed by atoms with Crippen LogP contribution in [0.2, 0.25) is 0 Å². The molecule has 1 aliphatic carbocycles. The number of benzene rings is 1. The standard InChI is InChI=1S/C28H31N5O4/c1-18(26(35)23-15-30-33-7-3-6-29-27(23)33)12-20-13-21-17-32(16-19-4-2-5-25(19)34)28(36)22(21)14-24(20)31-8-10-37-11-9-31/h3,6-7,13-15,19,25,34H,1-2,4-5,8-12,16-17H2/t19-,25-/m1/s1. The Hall–Kier alpha value is -3.56. The number of morpholine rings is 1. The monoisotopic (exact) mass is 501 g/mol. The first-order valence-electron chi connectivity index (χ1n) is 13.0. The third-order valence-electron chi connectivity index (χ3n) is 7.86. The zero-order chi connectivity index (χ0) is 25.5. The van der Waals surface area contributed by atoms with E-state index in [0.717, 1.165) is 49.2 Å². The van der Waals surface area contributed by atoms with Crippen molar-refractivity contribution < 1.29 is 19.4 Å². The van der Waals surface area contributed by atoms with E-state index in [4.69, 9.17) is 4.74 Å². The van der Waals surface area contributed by atoms with Crippen molar-refractivity contribution >= 4 is 23.0 Å². The molecule has 3 aromatic rings. The van der Waals surface area contributed by atoms with Crippen molar-refractivity contribution in [3.63, 3.8) is 0 Å². The highest BCUT2D eigenvalue weighted by Crippen LogP contribution is 2.35. The summed E-state index contributed by atoms with van der Waals surface area (Å²) in [6, 6.07) is 5.81. The summed E-state index contributed by atoms with van der Waals surface area (Å²) in [5.74, 6) is -0.0363. The number of nitrogens with zero attached hydrogens (tertiary/aromatic N) is 5. The Bertz CT molecular complexity index is 1380. The minimum absolute atomic E-state index is 0.0162. The second kappa shape index (κ2) is 9.72. The molecule has 1 amide bonds. The number of anilines is 1. The van der Waals surface area contributed by atoms with Gasteiger partial charge in [-0.2, -0.15) is 5.10 Å². The van der Waals surface area contributed by atoms with E-state index < -0.39 is 0 Å². The molecule has 0 bridgehead atoms. The highest BCUT2D eigenvalue weighted by atomic mass is 16.5. The molecule has 192 valence electrons. The predicted octanol–water partition coefficient (Wildman–Crippen LogP) is 2.66. The lowest BCUT2D eigenvalue weighted by molar-refractivity contribution is 0.0661. The van der Waals surface area contributed by atoms with E-state index >= 15 is 0 Å². The molecule has 6 rings (SSSR count). The molecule has 1 aromatic carbocycles. The lowest BCUT2D eigenvalue weighted by Crippen LogP contribution is -2.37. The Morgan fingerprint density at radius 3 is 2.84 bits per heavy atom. The van der Waals surface area contributed by atoms with Crippen molar-refractivity contribution in [3.05, 3.63) is 71.2 Å². The predicted molar refractivity (Wildman–Crippen MR) is 138 cm³/mol. The van der Waals surface area contributed by atoms with Gasteiger partial charge in [0.25, 0.3) is 5.91 Å². The summed E-state index contributed by atoms with van der Waals surface area (Å²) in [5, 5.41) is 14.5. The summed E-state index contributed by atoms with van der Waals surface area (Å²) >= 11 is 0. The van der Waals surface area contributed by atoms with Crippen molar-refractivity contribution in [1.82, 2.24) is 19.5 Å². The zero-order valence-electron chi connectivity index (χ0n) is 20.8. The van der Waals surface area contributed by atoms with Crippen molar-refractivity contribution in [2.75, 3.05) is 37.7 Å². The Morgan fingerprint density at radius 1 is 1.22 bits per heavy atom. The van der Waals surface area contributed by atoms with Gasteiger partial charge in [0, 0.05) is 62.2 Å². The van der Waals surface area contributed by atoms with Crippen LogP contribution >= 0.6 is 0 Å². The van der Waals surface area contributed by atoms with Crippen molar-refractivity contribution in [1.29, 1.82) is 0 Å². The van der Waals surface area contributed by atoms with Crippen LogP contribution in [0.5, 0.6) is 0 Å². The summed E-state index contributed by atoms with van der Waals surface area (Å²) < 4.78 is 7.14.